The highest BCUT2D eigenvalue weighted by atomic mass is 32.3. The summed E-state index contributed by atoms with van der Waals surface area (Å²) in [5.41, 5.74) is -5.67. The lowest BCUT2D eigenvalue weighted by Gasteiger charge is -2.09. The van der Waals surface area contributed by atoms with Gasteiger partial charge in [0.2, 0.25) is 10.0 Å². The second-order valence-corrected chi connectivity index (χ2v) is 7.11. The Morgan fingerprint density at radius 3 is 2.28 bits per heavy atom. The van der Waals surface area contributed by atoms with E-state index < -0.39 is 37.6 Å². The molecule has 1 fully saturated rings. The largest absolute Gasteiger partial charge is 0.512 e. The zero-order valence-corrected chi connectivity index (χ0v) is 10.4. The van der Waals surface area contributed by atoms with E-state index in [4.69, 9.17) is 4.74 Å². The summed E-state index contributed by atoms with van der Waals surface area (Å²) in [5.74, 6) is -0.797. The van der Waals surface area contributed by atoms with E-state index in [2.05, 4.69) is 4.74 Å². The van der Waals surface area contributed by atoms with Crippen LogP contribution < -0.4 is 4.13 Å². The highest BCUT2D eigenvalue weighted by molar-refractivity contribution is 8.05. The second kappa shape index (κ2) is 5.28. The molecule has 7 nitrogen and oxygen atoms in total. The maximum absolute atomic E-state index is 11.9. The summed E-state index contributed by atoms with van der Waals surface area (Å²) in [4.78, 5) is 0. The van der Waals surface area contributed by atoms with E-state index in [0.29, 0.717) is 10.7 Å². The maximum atomic E-state index is 11.9. The Kier molecular flexibility index (Phi) is 4.59. The van der Waals surface area contributed by atoms with Gasteiger partial charge in [0.15, 0.2) is 6.29 Å². The van der Waals surface area contributed by atoms with Crippen LogP contribution in [-0.2, 0) is 29.5 Å². The molecule has 0 aromatic rings. The van der Waals surface area contributed by atoms with Crippen molar-refractivity contribution in [1.82, 2.24) is 4.13 Å². The number of nitrogens with one attached hydrogen (secondary N) is 1. The van der Waals surface area contributed by atoms with Crippen molar-refractivity contribution < 1.29 is 39.5 Å². The predicted octanol–water partition coefficient (Wildman–Crippen LogP) is -0.482. The van der Waals surface area contributed by atoms with E-state index >= 15 is 0 Å². The summed E-state index contributed by atoms with van der Waals surface area (Å²) in [6.07, 6.45) is -0.553. The van der Waals surface area contributed by atoms with Crippen LogP contribution in [0.2, 0.25) is 0 Å². The summed E-state index contributed by atoms with van der Waals surface area (Å²) in [7, 11) is -10.5. The van der Waals surface area contributed by atoms with Crippen molar-refractivity contribution in [2.45, 2.75) is 18.2 Å². The molecule has 0 aliphatic carbocycles. The summed E-state index contributed by atoms with van der Waals surface area (Å²) in [6, 6.07) is 0. The minimum atomic E-state index is -5.90. The third-order valence-corrected chi connectivity index (χ3v) is 5.03. The van der Waals surface area contributed by atoms with Crippen LogP contribution in [0.1, 0.15) is 6.42 Å². The molecule has 0 aromatic heterocycles. The molecule has 0 aromatic carbocycles. The third kappa shape index (κ3) is 5.06. The highest BCUT2D eigenvalue weighted by Gasteiger charge is 2.48. The molecular formula is C6H10F3NO6S2. The van der Waals surface area contributed by atoms with Gasteiger partial charge in [-0.3, -0.25) is 0 Å². The molecule has 1 N–H and O–H groups in total. The number of hydrogen-bond donors (Lipinski definition) is 1. The van der Waals surface area contributed by atoms with Gasteiger partial charge in [-0.25, -0.2) is 16.8 Å². The van der Waals surface area contributed by atoms with E-state index in [-0.39, 0.29) is 13.0 Å². The van der Waals surface area contributed by atoms with Crippen LogP contribution in [0.5, 0.6) is 0 Å². The number of epoxide rings is 1. The Labute approximate surface area is 101 Å². The van der Waals surface area contributed by atoms with Gasteiger partial charge in [-0.1, -0.05) is 0 Å². The zero-order chi connectivity index (χ0) is 14.0. The number of rotatable bonds is 7. The number of halogens is 3. The van der Waals surface area contributed by atoms with Crippen molar-refractivity contribution in [3.63, 3.8) is 0 Å². The third-order valence-electron chi connectivity index (χ3n) is 1.71. The van der Waals surface area contributed by atoms with Crippen molar-refractivity contribution in [2.75, 3.05) is 19.0 Å². The van der Waals surface area contributed by atoms with Crippen LogP contribution in [0.25, 0.3) is 0 Å². The molecule has 1 unspecified atom stereocenters. The molecule has 1 rings (SSSR count). The molecule has 1 saturated heterocycles. The standard InChI is InChI=1S/C6H10F3NO6S2/c7-6(8,9)18(13,14)10-17(11,12)3-1-2-15-5-4-16-5/h5,10H,1-4H2. The molecule has 0 spiro atoms. The SMILES string of the molecule is O=S(=O)(CCCOC1CO1)NS(=O)(=O)C(F)(F)F. The Morgan fingerprint density at radius 2 is 1.83 bits per heavy atom. The van der Waals surface area contributed by atoms with Crippen molar-refractivity contribution in [1.29, 1.82) is 0 Å². The zero-order valence-electron chi connectivity index (χ0n) is 8.81. The first kappa shape index (κ1) is 15.6. The summed E-state index contributed by atoms with van der Waals surface area (Å²) < 4.78 is 89.1. The van der Waals surface area contributed by atoms with Gasteiger partial charge in [-0.05, 0) is 6.42 Å². The first-order chi connectivity index (χ1) is 8.04. The molecule has 1 heterocycles. The van der Waals surface area contributed by atoms with Gasteiger partial charge in [0.1, 0.15) is 6.61 Å². The second-order valence-electron chi connectivity index (χ2n) is 3.34. The van der Waals surface area contributed by atoms with Crippen molar-refractivity contribution in [3.8, 4) is 0 Å². The Bertz CT molecular complexity index is 480. The number of sulfonamides is 2. The lowest BCUT2D eigenvalue weighted by Crippen LogP contribution is -2.41. The fourth-order valence-corrected chi connectivity index (χ4v) is 3.40. The van der Waals surface area contributed by atoms with E-state index in [9.17, 15) is 30.0 Å². The van der Waals surface area contributed by atoms with Crippen LogP contribution in [0.4, 0.5) is 13.2 Å². The molecule has 0 radical (unpaired) electrons. The molecule has 1 atom stereocenters. The normalized spacial score (nSPS) is 20.9. The lowest BCUT2D eigenvalue weighted by atomic mass is 10.5. The average Bonchev–Trinajstić information content (AvgIpc) is 2.92. The van der Waals surface area contributed by atoms with Gasteiger partial charge >= 0.3 is 15.5 Å². The summed E-state index contributed by atoms with van der Waals surface area (Å²) >= 11 is 0. The fourth-order valence-electron chi connectivity index (χ4n) is 0.855. The molecule has 0 bridgehead atoms. The predicted molar refractivity (Wildman–Crippen MR) is 52.2 cm³/mol. The Balaban J connectivity index is 2.43. The highest BCUT2D eigenvalue weighted by Crippen LogP contribution is 2.22. The first-order valence-electron chi connectivity index (χ1n) is 4.59. The van der Waals surface area contributed by atoms with E-state index in [1.807, 2.05) is 0 Å². The van der Waals surface area contributed by atoms with E-state index in [1.165, 1.54) is 0 Å². The van der Waals surface area contributed by atoms with Crippen molar-refractivity contribution >= 4 is 20.0 Å². The maximum Gasteiger partial charge on any atom is 0.512 e. The average molecular weight is 313 g/mol. The van der Waals surface area contributed by atoms with Crippen LogP contribution in [-0.4, -0.2) is 47.6 Å². The van der Waals surface area contributed by atoms with Crippen molar-refractivity contribution in [2.24, 2.45) is 0 Å². The van der Waals surface area contributed by atoms with Crippen LogP contribution in [0.3, 0.4) is 0 Å². The number of ether oxygens (including phenoxy) is 2. The van der Waals surface area contributed by atoms with Gasteiger partial charge in [-0.2, -0.15) is 13.2 Å². The van der Waals surface area contributed by atoms with Crippen LogP contribution in [0, 0.1) is 0 Å². The van der Waals surface area contributed by atoms with Gasteiger partial charge < -0.3 is 9.47 Å². The Hall–Kier alpha value is -0.430. The van der Waals surface area contributed by atoms with Gasteiger partial charge in [-0.15, -0.1) is 4.13 Å². The minimum absolute atomic E-state index is 0.0579. The Morgan fingerprint density at radius 1 is 1.28 bits per heavy atom. The smallest absolute Gasteiger partial charge is 0.350 e. The molecule has 0 amide bonds. The molecular weight excluding hydrogens is 303 g/mol. The molecule has 18 heavy (non-hydrogen) atoms. The lowest BCUT2D eigenvalue weighted by molar-refractivity contribution is -0.0441. The number of hydrogen-bond acceptors (Lipinski definition) is 6. The van der Waals surface area contributed by atoms with Gasteiger partial charge in [0, 0.05) is 0 Å². The molecule has 0 saturated carbocycles. The van der Waals surface area contributed by atoms with Gasteiger partial charge in [0.25, 0.3) is 0 Å². The molecule has 12 heteroatoms. The minimum Gasteiger partial charge on any atom is -0.350 e. The topological polar surface area (TPSA) is 102 Å². The van der Waals surface area contributed by atoms with E-state index in [1.54, 1.807) is 0 Å². The van der Waals surface area contributed by atoms with Crippen LogP contribution >= 0.6 is 0 Å². The first-order valence-corrected chi connectivity index (χ1v) is 7.73. The quantitative estimate of drug-likeness (QED) is 0.503. The molecule has 1 aliphatic rings. The number of alkyl halides is 3. The van der Waals surface area contributed by atoms with E-state index in [0.717, 1.165) is 0 Å². The van der Waals surface area contributed by atoms with Gasteiger partial charge in [0.05, 0.1) is 12.4 Å². The fraction of sp³-hybridized carbons (Fsp3) is 1.00. The summed E-state index contributed by atoms with van der Waals surface area (Å²) in [6.45, 7) is 0.324. The monoisotopic (exact) mass is 313 g/mol. The molecule has 108 valence electrons. The van der Waals surface area contributed by atoms with Crippen LogP contribution in [0.15, 0.2) is 0 Å². The van der Waals surface area contributed by atoms with Crippen molar-refractivity contribution in [3.05, 3.63) is 0 Å². The molecule has 1 aliphatic heterocycles. The summed E-state index contributed by atoms with van der Waals surface area (Å²) in [5, 5.41) is 0.